The average Bonchev–Trinajstić information content (AvgIpc) is 2.73. The second kappa shape index (κ2) is 10.2. The molecule has 1 heterocycles. The van der Waals surface area contributed by atoms with Gasteiger partial charge in [-0.1, -0.05) is 0 Å². The predicted octanol–water partition coefficient (Wildman–Crippen LogP) is 5.92. The lowest BCUT2D eigenvalue weighted by molar-refractivity contribution is -0.387. The van der Waals surface area contributed by atoms with Crippen LogP contribution in [0.5, 0.6) is 0 Å². The summed E-state index contributed by atoms with van der Waals surface area (Å²) in [6.45, 7) is 1.22. The number of nitro benzene ring substituents is 2. The molecule has 0 aliphatic carbocycles. The Morgan fingerprint density at radius 3 is 1.70 bits per heavy atom. The van der Waals surface area contributed by atoms with Crippen LogP contribution in [0.2, 0.25) is 0 Å². The highest BCUT2D eigenvalue weighted by Crippen LogP contribution is 2.37. The summed E-state index contributed by atoms with van der Waals surface area (Å²) in [6, 6.07) is 3.72. The van der Waals surface area contributed by atoms with E-state index in [2.05, 4.69) is 0 Å². The molecule has 2 aromatic rings. The van der Waals surface area contributed by atoms with Crippen LogP contribution >= 0.6 is 11.8 Å². The Balaban J connectivity index is 0.000000245. The van der Waals surface area contributed by atoms with E-state index in [1.54, 1.807) is 16.7 Å². The number of nitrogens with zero attached hydrogens (tertiary/aromatic N) is 3. The first-order valence-corrected chi connectivity index (χ1v) is 10.1. The molecule has 1 aliphatic rings. The summed E-state index contributed by atoms with van der Waals surface area (Å²) in [5.41, 5.74) is -3.64. The fourth-order valence-corrected chi connectivity index (χ4v) is 3.65. The van der Waals surface area contributed by atoms with Gasteiger partial charge in [-0.3, -0.25) is 20.2 Å². The van der Waals surface area contributed by atoms with Gasteiger partial charge in [0, 0.05) is 36.7 Å². The summed E-state index contributed by atoms with van der Waals surface area (Å²) >= 11 is 1.72. The molecule has 2 aromatic carbocycles. The minimum absolute atomic E-state index is 0.162. The van der Waals surface area contributed by atoms with Gasteiger partial charge in [0.05, 0.1) is 21.0 Å². The van der Waals surface area contributed by atoms with Gasteiger partial charge in [-0.2, -0.15) is 42.5 Å². The Hall–Kier alpha value is -3.10. The lowest BCUT2D eigenvalue weighted by atomic mass is 10.1. The van der Waals surface area contributed by atoms with Crippen LogP contribution in [0.15, 0.2) is 36.4 Å². The van der Waals surface area contributed by atoms with Gasteiger partial charge in [0.25, 0.3) is 5.69 Å². The van der Waals surface area contributed by atoms with Gasteiger partial charge in [-0.15, -0.1) is 0 Å². The Bertz CT molecular complexity index is 1030. The zero-order valence-corrected chi connectivity index (χ0v) is 17.1. The Morgan fingerprint density at radius 1 is 0.788 bits per heavy atom. The van der Waals surface area contributed by atoms with Crippen molar-refractivity contribution in [2.24, 2.45) is 0 Å². The molecular weight excluding hydrogens is 487 g/mol. The number of halogens is 7. The maximum atomic E-state index is 12.6. The molecule has 7 nitrogen and oxygen atoms in total. The van der Waals surface area contributed by atoms with Crippen LogP contribution in [0.4, 0.5) is 47.8 Å². The first kappa shape index (κ1) is 26.2. The van der Waals surface area contributed by atoms with Crippen molar-refractivity contribution in [3.05, 3.63) is 73.6 Å². The summed E-state index contributed by atoms with van der Waals surface area (Å²) in [5, 5.41) is 21.0. The van der Waals surface area contributed by atoms with E-state index in [1.807, 2.05) is 0 Å². The number of hydrogen-bond acceptors (Lipinski definition) is 6. The van der Waals surface area contributed by atoms with E-state index in [4.69, 9.17) is 0 Å². The highest BCUT2D eigenvalue weighted by molar-refractivity contribution is 7.99. The fraction of sp³-hybridized carbons (Fsp3) is 0.333. The lowest BCUT2D eigenvalue weighted by Crippen LogP contribution is -2.33. The summed E-state index contributed by atoms with van der Waals surface area (Å²) in [7, 11) is 0. The largest absolute Gasteiger partial charge is 0.416 e. The van der Waals surface area contributed by atoms with Crippen molar-refractivity contribution in [2.75, 3.05) is 29.5 Å². The number of hydrogen-bond donors (Lipinski definition) is 0. The topological polar surface area (TPSA) is 89.5 Å². The molecule has 0 spiro atoms. The molecule has 3 rings (SSSR count). The lowest BCUT2D eigenvalue weighted by Gasteiger charge is -2.28. The van der Waals surface area contributed by atoms with Gasteiger partial charge < -0.3 is 4.90 Å². The quantitative estimate of drug-likeness (QED) is 0.295. The molecule has 33 heavy (non-hydrogen) atoms. The van der Waals surface area contributed by atoms with Crippen LogP contribution in [-0.2, 0) is 12.4 Å². The van der Waals surface area contributed by atoms with Crippen LogP contribution < -0.4 is 4.90 Å². The maximum Gasteiger partial charge on any atom is 0.416 e. The van der Waals surface area contributed by atoms with Crippen LogP contribution in [-0.4, -0.2) is 34.4 Å². The summed E-state index contributed by atoms with van der Waals surface area (Å²) in [4.78, 5) is 20.8. The van der Waals surface area contributed by atoms with E-state index >= 15 is 0 Å². The molecule has 180 valence electrons. The zero-order chi connectivity index (χ0) is 25.0. The molecule has 1 aliphatic heterocycles. The smallest absolute Gasteiger partial charge is 0.364 e. The van der Waals surface area contributed by atoms with Crippen molar-refractivity contribution in [3.63, 3.8) is 0 Å². The molecule has 15 heteroatoms. The van der Waals surface area contributed by atoms with Crippen molar-refractivity contribution in [1.29, 1.82) is 0 Å². The third-order valence-corrected chi connectivity index (χ3v) is 5.26. The van der Waals surface area contributed by atoms with E-state index in [-0.39, 0.29) is 11.8 Å². The number of nitro groups is 2. The molecular formula is C18H14F7N3O4S. The van der Waals surface area contributed by atoms with Crippen LogP contribution in [0, 0.1) is 26.0 Å². The highest BCUT2D eigenvalue weighted by atomic mass is 32.2. The van der Waals surface area contributed by atoms with Crippen LogP contribution in [0.25, 0.3) is 0 Å². The highest BCUT2D eigenvalue weighted by Gasteiger charge is 2.34. The molecule has 0 N–H and O–H groups in total. The van der Waals surface area contributed by atoms with Crippen molar-refractivity contribution in [2.45, 2.75) is 12.4 Å². The number of anilines is 1. The molecule has 0 radical (unpaired) electrons. The van der Waals surface area contributed by atoms with Gasteiger partial charge >= 0.3 is 18.0 Å². The van der Waals surface area contributed by atoms with Gasteiger partial charge in [-0.25, -0.2) is 0 Å². The first-order chi connectivity index (χ1) is 15.2. The minimum atomic E-state index is -4.71. The monoisotopic (exact) mass is 501 g/mol. The Morgan fingerprint density at radius 2 is 1.24 bits per heavy atom. The molecule has 0 atom stereocenters. The second-order valence-electron chi connectivity index (χ2n) is 6.48. The molecule has 0 amide bonds. The van der Waals surface area contributed by atoms with Crippen molar-refractivity contribution < 1.29 is 40.6 Å². The molecule has 1 saturated heterocycles. The average molecular weight is 501 g/mol. The molecule has 0 unspecified atom stereocenters. The van der Waals surface area contributed by atoms with Crippen molar-refractivity contribution in [1.82, 2.24) is 0 Å². The second-order valence-corrected chi connectivity index (χ2v) is 7.70. The Kier molecular flexibility index (Phi) is 8.11. The van der Waals surface area contributed by atoms with E-state index in [1.165, 1.54) is 6.07 Å². The predicted molar refractivity (Wildman–Crippen MR) is 106 cm³/mol. The summed E-state index contributed by atoms with van der Waals surface area (Å²) in [5.74, 6) is 0.346. The maximum absolute atomic E-state index is 12.6. The van der Waals surface area contributed by atoms with Gasteiger partial charge in [0.15, 0.2) is 0 Å². The summed E-state index contributed by atoms with van der Waals surface area (Å²) in [6.07, 6.45) is -9.28. The van der Waals surface area contributed by atoms with E-state index < -0.39 is 50.5 Å². The normalized spacial score (nSPS) is 14.3. The molecule has 1 fully saturated rings. The fourth-order valence-electron chi connectivity index (χ4n) is 2.75. The van der Waals surface area contributed by atoms with Crippen LogP contribution in [0.1, 0.15) is 11.1 Å². The number of rotatable bonds is 3. The minimum Gasteiger partial charge on any atom is -0.364 e. The van der Waals surface area contributed by atoms with E-state index in [0.29, 0.717) is 31.3 Å². The number of benzene rings is 2. The third kappa shape index (κ3) is 6.94. The van der Waals surface area contributed by atoms with E-state index in [9.17, 15) is 51.0 Å². The van der Waals surface area contributed by atoms with Gasteiger partial charge in [0.1, 0.15) is 5.69 Å². The SMILES string of the molecule is O=[N+]([O-])c1cc(C(F)(F)F)ccc1F.O=[N+]([O-])c1cc(C(F)(F)F)ccc1N1CCSCC1. The molecule has 0 bridgehead atoms. The van der Waals surface area contributed by atoms with Gasteiger partial charge in [0.2, 0.25) is 5.82 Å². The molecule has 0 saturated carbocycles. The van der Waals surface area contributed by atoms with Crippen molar-refractivity contribution in [3.8, 4) is 0 Å². The number of alkyl halides is 6. The number of thioether (sulfide) groups is 1. The molecule has 0 aromatic heterocycles. The van der Waals surface area contributed by atoms with Crippen molar-refractivity contribution >= 4 is 28.8 Å². The van der Waals surface area contributed by atoms with E-state index in [0.717, 1.165) is 17.6 Å². The van der Waals surface area contributed by atoms with Crippen LogP contribution in [0.3, 0.4) is 0 Å². The first-order valence-electron chi connectivity index (χ1n) is 8.91. The Labute approximate surface area is 185 Å². The third-order valence-electron chi connectivity index (χ3n) is 4.32. The zero-order valence-electron chi connectivity index (χ0n) is 16.3. The van der Waals surface area contributed by atoms with Gasteiger partial charge in [-0.05, 0) is 24.3 Å². The standard InChI is InChI=1S/C11H11F3N2O2S.C7H3F4NO2/c12-11(13,14)8-1-2-9(10(7-8)16(17)18)15-3-5-19-6-4-15;8-5-2-1-4(7(9,10)11)3-6(5)12(13)14/h1-2,7H,3-6H2;1-3H. The summed E-state index contributed by atoms with van der Waals surface area (Å²) < 4.78 is 86.4.